The van der Waals surface area contributed by atoms with Gasteiger partial charge in [-0.05, 0) is 107 Å². The fourth-order valence-electron chi connectivity index (χ4n) is 8.47. The van der Waals surface area contributed by atoms with E-state index in [1.54, 1.807) is 0 Å². The lowest BCUT2D eigenvalue weighted by molar-refractivity contribution is 0.661. The van der Waals surface area contributed by atoms with E-state index in [1.807, 2.05) is 18.2 Å². The van der Waals surface area contributed by atoms with Crippen molar-refractivity contribution in [1.29, 1.82) is 0 Å². The minimum absolute atomic E-state index is 0.229. The van der Waals surface area contributed by atoms with Gasteiger partial charge >= 0.3 is 0 Å². The Labute approximate surface area is 326 Å². The Morgan fingerprint density at radius 3 is 1.53 bits per heavy atom. The van der Waals surface area contributed by atoms with Gasteiger partial charge in [0, 0.05) is 89.3 Å². The minimum Gasteiger partial charge on any atom is -0.345 e. The molecule has 0 N–H and O–H groups in total. The second-order valence-electron chi connectivity index (χ2n) is 15.0. The quantitative estimate of drug-likeness (QED) is 0.0794. The first-order valence-electron chi connectivity index (χ1n) is 18.9. The van der Waals surface area contributed by atoms with Crippen LogP contribution in [0.25, 0.3) is 32.7 Å². The van der Waals surface area contributed by atoms with Crippen LogP contribution in [0, 0.1) is 0 Å². The molecule has 7 aromatic rings. The molecule has 55 heavy (non-hydrogen) atoms. The lowest BCUT2D eigenvalue weighted by Gasteiger charge is -2.31. The zero-order chi connectivity index (χ0) is 38.4. The van der Waals surface area contributed by atoms with E-state index in [4.69, 9.17) is 0 Å². The summed E-state index contributed by atoms with van der Waals surface area (Å²) in [6, 6.07) is 50.6. The maximum atomic E-state index is 4.23. The second-order valence-corrected chi connectivity index (χ2v) is 15.0. The van der Waals surface area contributed by atoms with Gasteiger partial charge in [0.2, 0.25) is 0 Å². The molecule has 0 aromatic heterocycles. The molecule has 0 unspecified atom stereocenters. The normalized spacial score (nSPS) is 12.9. The molecule has 0 saturated heterocycles. The summed E-state index contributed by atoms with van der Waals surface area (Å²) in [7, 11) is 8.64. The van der Waals surface area contributed by atoms with Crippen LogP contribution in [-0.4, -0.2) is 28.2 Å². The molecule has 1 aliphatic carbocycles. The lowest BCUT2D eigenvalue weighted by Crippen LogP contribution is -2.19. The van der Waals surface area contributed by atoms with E-state index < -0.39 is 0 Å². The van der Waals surface area contributed by atoms with Gasteiger partial charge in [-0.2, -0.15) is 0 Å². The third kappa shape index (κ3) is 5.95. The SMILES string of the molecule is C=CC=C(C=C)N(C)c1c2cc(N(C)c3ccccc3)ccc2c(N(C)c2ccccc2)c2cc3c(cc12)-c1ccc(N(C)c2ccccc2)cc1C3(C)C. The third-order valence-corrected chi connectivity index (χ3v) is 11.6. The van der Waals surface area contributed by atoms with Crippen LogP contribution in [0.3, 0.4) is 0 Å². The van der Waals surface area contributed by atoms with Crippen molar-refractivity contribution in [2.24, 2.45) is 0 Å². The lowest BCUT2D eigenvalue weighted by atomic mass is 9.81. The van der Waals surface area contributed by atoms with Crippen molar-refractivity contribution in [2.45, 2.75) is 19.3 Å². The second kappa shape index (κ2) is 14.0. The number of hydrogen-bond acceptors (Lipinski definition) is 4. The molecule has 272 valence electrons. The van der Waals surface area contributed by atoms with Gasteiger partial charge in [0.05, 0.1) is 11.4 Å². The Balaban J connectivity index is 1.45. The zero-order valence-corrected chi connectivity index (χ0v) is 32.7. The number of nitrogens with zero attached hydrogens (tertiary/aromatic N) is 4. The van der Waals surface area contributed by atoms with E-state index >= 15 is 0 Å². The van der Waals surface area contributed by atoms with E-state index in [2.05, 4.69) is 214 Å². The highest BCUT2D eigenvalue weighted by atomic mass is 15.1. The summed E-state index contributed by atoms with van der Waals surface area (Å²) >= 11 is 0. The molecule has 0 atom stereocenters. The van der Waals surface area contributed by atoms with E-state index in [0.717, 1.165) is 39.5 Å². The van der Waals surface area contributed by atoms with Crippen LogP contribution in [0.1, 0.15) is 25.0 Å². The average molecular weight is 717 g/mol. The first-order valence-corrected chi connectivity index (χ1v) is 18.9. The van der Waals surface area contributed by atoms with Gasteiger partial charge in [-0.25, -0.2) is 0 Å². The van der Waals surface area contributed by atoms with E-state index in [9.17, 15) is 0 Å². The molecular weight excluding hydrogens is 669 g/mol. The number of allylic oxidation sites excluding steroid dienone is 3. The largest absolute Gasteiger partial charge is 0.345 e. The van der Waals surface area contributed by atoms with Gasteiger partial charge in [0.25, 0.3) is 0 Å². The number of para-hydroxylation sites is 3. The predicted octanol–water partition coefficient (Wildman–Crippen LogP) is 13.3. The van der Waals surface area contributed by atoms with Crippen molar-refractivity contribution in [3.05, 3.63) is 188 Å². The monoisotopic (exact) mass is 716 g/mol. The molecule has 0 bridgehead atoms. The summed E-state index contributed by atoms with van der Waals surface area (Å²) in [4.78, 5) is 9.17. The van der Waals surface area contributed by atoms with Crippen molar-refractivity contribution in [3.8, 4) is 11.1 Å². The van der Waals surface area contributed by atoms with E-state index in [-0.39, 0.29) is 5.41 Å². The van der Waals surface area contributed by atoms with Gasteiger partial charge < -0.3 is 19.6 Å². The Morgan fingerprint density at radius 2 is 0.964 bits per heavy atom. The molecule has 0 radical (unpaired) electrons. The highest BCUT2D eigenvalue weighted by Gasteiger charge is 2.37. The molecule has 0 spiro atoms. The van der Waals surface area contributed by atoms with Crippen molar-refractivity contribution in [1.82, 2.24) is 0 Å². The van der Waals surface area contributed by atoms with Crippen LogP contribution in [0.4, 0.5) is 39.8 Å². The molecule has 4 heteroatoms. The van der Waals surface area contributed by atoms with Crippen molar-refractivity contribution >= 4 is 61.4 Å². The summed E-state index contributed by atoms with van der Waals surface area (Å²) in [5, 5.41) is 4.71. The third-order valence-electron chi connectivity index (χ3n) is 11.6. The van der Waals surface area contributed by atoms with E-state index in [0.29, 0.717) is 0 Å². The number of fused-ring (bicyclic) bond motifs is 5. The molecule has 0 aliphatic heterocycles. The molecule has 7 aromatic carbocycles. The maximum absolute atomic E-state index is 4.23. The highest BCUT2D eigenvalue weighted by molar-refractivity contribution is 6.23. The topological polar surface area (TPSA) is 13.0 Å². The van der Waals surface area contributed by atoms with Crippen LogP contribution in [0.2, 0.25) is 0 Å². The number of hydrogen-bond donors (Lipinski definition) is 0. The number of benzene rings is 7. The maximum Gasteiger partial charge on any atom is 0.0570 e. The Bertz CT molecular complexity index is 2600. The van der Waals surface area contributed by atoms with E-state index in [1.165, 1.54) is 49.8 Å². The number of rotatable bonds is 10. The van der Waals surface area contributed by atoms with Crippen LogP contribution in [0.5, 0.6) is 0 Å². The summed E-state index contributed by atoms with van der Waals surface area (Å²) in [6.07, 6.45) is 5.79. The van der Waals surface area contributed by atoms with Crippen LogP contribution in [0.15, 0.2) is 177 Å². The first-order chi connectivity index (χ1) is 26.6. The van der Waals surface area contributed by atoms with Gasteiger partial charge in [0.15, 0.2) is 0 Å². The summed E-state index contributed by atoms with van der Waals surface area (Å²) in [5.41, 5.74) is 14.0. The molecule has 0 heterocycles. The molecular formula is C51H48N4. The van der Waals surface area contributed by atoms with Crippen molar-refractivity contribution < 1.29 is 0 Å². The summed E-state index contributed by atoms with van der Waals surface area (Å²) in [5.74, 6) is 0. The molecule has 0 amide bonds. The number of likely N-dealkylation sites (N-methyl/N-ethyl adjacent to an activating group) is 1. The van der Waals surface area contributed by atoms with Crippen molar-refractivity contribution in [3.63, 3.8) is 0 Å². The van der Waals surface area contributed by atoms with Crippen LogP contribution in [-0.2, 0) is 5.41 Å². The van der Waals surface area contributed by atoms with Gasteiger partial charge in [-0.1, -0.05) is 99.8 Å². The van der Waals surface area contributed by atoms with Crippen molar-refractivity contribution in [2.75, 3.05) is 47.8 Å². The molecule has 1 aliphatic rings. The fraction of sp³-hybridized carbons (Fsp3) is 0.137. The fourth-order valence-corrected chi connectivity index (χ4v) is 8.47. The van der Waals surface area contributed by atoms with Gasteiger partial charge in [-0.15, -0.1) is 0 Å². The molecule has 8 rings (SSSR count). The smallest absolute Gasteiger partial charge is 0.0570 e. The molecule has 0 fully saturated rings. The summed E-state index contributed by atoms with van der Waals surface area (Å²) in [6.45, 7) is 13.0. The predicted molar refractivity (Wildman–Crippen MR) is 239 cm³/mol. The Kier molecular flexibility index (Phi) is 9.06. The zero-order valence-electron chi connectivity index (χ0n) is 32.7. The Hall–Kier alpha value is -6.52. The number of anilines is 7. The molecule has 4 nitrogen and oxygen atoms in total. The average Bonchev–Trinajstić information content (AvgIpc) is 3.45. The van der Waals surface area contributed by atoms with Gasteiger partial charge in [-0.3, -0.25) is 0 Å². The highest BCUT2D eigenvalue weighted by Crippen LogP contribution is 2.55. The molecule has 0 saturated carbocycles. The van der Waals surface area contributed by atoms with Gasteiger partial charge in [0.1, 0.15) is 0 Å². The van der Waals surface area contributed by atoms with Crippen LogP contribution < -0.4 is 19.6 Å². The standard InChI is InChI=1S/C51H48N4/c1-9-20-35(10-2)54(7)50-44-31-39(52(5)36-21-14-11-15-22-36)28-30-42(44)49(55(8)38-25-18-13-19-26-38)46-34-48-43(33-45(46)50)41-29-27-40(32-47(41)51(48,3)4)53(6)37-23-16-12-17-24-37/h9-34H,1-2H2,3-8H3. The summed E-state index contributed by atoms with van der Waals surface area (Å²) < 4.78 is 0. The minimum atomic E-state index is -0.229. The Morgan fingerprint density at radius 1 is 0.473 bits per heavy atom. The first kappa shape index (κ1) is 35.5. The van der Waals surface area contributed by atoms with Crippen LogP contribution >= 0.6 is 0 Å².